The van der Waals surface area contributed by atoms with Gasteiger partial charge in [-0.1, -0.05) is 19.3 Å². The van der Waals surface area contributed by atoms with E-state index >= 15 is 0 Å². The van der Waals surface area contributed by atoms with E-state index in [2.05, 4.69) is 15.3 Å². The lowest BCUT2D eigenvalue weighted by atomic mass is 9.79. The van der Waals surface area contributed by atoms with Crippen molar-refractivity contribution in [2.24, 2.45) is 0 Å². The quantitative estimate of drug-likeness (QED) is 0.262. The predicted octanol–water partition coefficient (Wildman–Crippen LogP) is 7.17. The van der Waals surface area contributed by atoms with Gasteiger partial charge in [-0.05, 0) is 85.8 Å². The topological polar surface area (TPSA) is 157 Å². The molecule has 1 N–H and O–H groups in total. The molecule has 3 rings (SSSR count). The van der Waals surface area contributed by atoms with Crippen LogP contribution >= 0.6 is 0 Å². The fraction of sp³-hybridized carbons (Fsp3) is 0.581. The third-order valence-electron chi connectivity index (χ3n) is 7.03. The number of amides is 3. The fourth-order valence-electron chi connectivity index (χ4n) is 5.20. The van der Waals surface area contributed by atoms with Gasteiger partial charge in [-0.2, -0.15) is 4.90 Å². The summed E-state index contributed by atoms with van der Waals surface area (Å²) in [5.74, 6) is -0.461. The molecule has 0 saturated heterocycles. The van der Waals surface area contributed by atoms with Crippen LogP contribution in [0.2, 0.25) is 0 Å². The Morgan fingerprint density at radius 1 is 0.955 bits per heavy atom. The molecule has 3 amide bonds. The van der Waals surface area contributed by atoms with Gasteiger partial charge in [0.1, 0.15) is 29.0 Å². The summed E-state index contributed by atoms with van der Waals surface area (Å²) in [7, 11) is 3.24. The lowest BCUT2D eigenvalue weighted by Gasteiger charge is -2.29. The second kappa shape index (κ2) is 13.1. The molecule has 240 valence electrons. The molecule has 13 heteroatoms. The maximum atomic E-state index is 13.3. The maximum absolute atomic E-state index is 13.3. The minimum Gasteiger partial charge on any atom is -0.443 e. The normalized spacial score (nSPS) is 14.0. The molecular weight excluding hydrogens is 568 g/mol. The highest BCUT2D eigenvalue weighted by atomic mass is 16.6. The second-order valence-corrected chi connectivity index (χ2v) is 13.3. The number of hydrogen-bond acceptors (Lipinski definition) is 10. The number of nitro benzene ring substituents is 1. The van der Waals surface area contributed by atoms with Crippen LogP contribution in [0.1, 0.15) is 107 Å². The van der Waals surface area contributed by atoms with Gasteiger partial charge in [0, 0.05) is 25.2 Å². The molecule has 13 nitrogen and oxygen atoms in total. The summed E-state index contributed by atoms with van der Waals surface area (Å²) in [6.07, 6.45) is 3.44. The molecule has 1 heterocycles. The number of imide groups is 1. The number of benzene rings is 1. The van der Waals surface area contributed by atoms with Crippen molar-refractivity contribution in [2.45, 2.75) is 105 Å². The van der Waals surface area contributed by atoms with E-state index in [1.807, 2.05) is 0 Å². The average molecular weight is 613 g/mol. The number of ether oxygens (including phenoxy) is 2. The van der Waals surface area contributed by atoms with Crippen LogP contribution in [0.3, 0.4) is 0 Å². The van der Waals surface area contributed by atoms with E-state index in [0.717, 1.165) is 38.4 Å². The minimum atomic E-state index is -1.01. The van der Waals surface area contributed by atoms with Crippen molar-refractivity contribution in [1.82, 2.24) is 14.9 Å². The zero-order chi connectivity index (χ0) is 33.1. The summed E-state index contributed by atoms with van der Waals surface area (Å²) in [4.78, 5) is 62.7. The Morgan fingerprint density at radius 2 is 1.50 bits per heavy atom. The van der Waals surface area contributed by atoms with Crippen LogP contribution in [0.25, 0.3) is 0 Å². The third kappa shape index (κ3) is 8.00. The van der Waals surface area contributed by atoms with Gasteiger partial charge in [0.15, 0.2) is 5.82 Å². The van der Waals surface area contributed by atoms with Crippen LogP contribution in [0.5, 0.6) is 0 Å². The molecule has 0 unspecified atom stereocenters. The van der Waals surface area contributed by atoms with Gasteiger partial charge >= 0.3 is 12.2 Å². The standard InChI is InChI=1S/C31H44N6O7/c1-18-16-21(24(37(41)42)23(20-14-12-11-13-15-20)22(18)27(38)35(9)10)34-25-19(2)26(33-17-32-25)36(28(39)43-30(3,4)5)29(40)44-31(6,7)8/h16-17,20H,11-15H2,1-10H3,(H,32,33,34). The maximum Gasteiger partial charge on any atom is 0.425 e. The van der Waals surface area contributed by atoms with Crippen molar-refractivity contribution in [3.8, 4) is 0 Å². The number of aromatic nitrogens is 2. The molecule has 0 radical (unpaired) electrons. The molecule has 44 heavy (non-hydrogen) atoms. The average Bonchev–Trinajstić information content (AvgIpc) is 2.88. The van der Waals surface area contributed by atoms with Crippen LogP contribution in [0.4, 0.5) is 32.6 Å². The molecule has 0 atom stereocenters. The Labute approximate surface area is 258 Å². The molecule has 1 fully saturated rings. The second-order valence-electron chi connectivity index (χ2n) is 13.3. The van der Waals surface area contributed by atoms with Crippen molar-refractivity contribution < 1.29 is 28.8 Å². The van der Waals surface area contributed by atoms with Gasteiger partial charge in [0.2, 0.25) is 0 Å². The van der Waals surface area contributed by atoms with Crippen LogP contribution in [0, 0.1) is 24.0 Å². The minimum absolute atomic E-state index is 0.114. The Balaban J connectivity index is 2.21. The number of rotatable bonds is 6. The van der Waals surface area contributed by atoms with E-state index in [4.69, 9.17) is 9.47 Å². The van der Waals surface area contributed by atoms with Gasteiger partial charge in [-0.25, -0.2) is 19.6 Å². The number of nitrogens with one attached hydrogen (secondary N) is 1. The van der Waals surface area contributed by atoms with Crippen molar-refractivity contribution in [2.75, 3.05) is 24.3 Å². The zero-order valence-corrected chi connectivity index (χ0v) is 27.4. The van der Waals surface area contributed by atoms with E-state index in [-0.39, 0.29) is 40.4 Å². The lowest BCUT2D eigenvalue weighted by molar-refractivity contribution is -0.384. The van der Waals surface area contributed by atoms with Crippen molar-refractivity contribution in [1.29, 1.82) is 0 Å². The number of hydrogen-bond donors (Lipinski definition) is 1. The number of carbonyl (C=O) groups is 3. The summed E-state index contributed by atoms with van der Waals surface area (Å²) < 4.78 is 11.0. The Morgan fingerprint density at radius 3 is 1.98 bits per heavy atom. The zero-order valence-electron chi connectivity index (χ0n) is 27.4. The molecule has 1 aromatic heterocycles. The lowest BCUT2D eigenvalue weighted by Crippen LogP contribution is -2.44. The smallest absolute Gasteiger partial charge is 0.425 e. The van der Waals surface area contributed by atoms with Crippen LogP contribution in [-0.4, -0.2) is 63.2 Å². The molecule has 0 aliphatic heterocycles. The van der Waals surface area contributed by atoms with E-state index in [9.17, 15) is 24.5 Å². The molecule has 1 aromatic carbocycles. The summed E-state index contributed by atoms with van der Waals surface area (Å²) in [5.41, 5.74) is -0.373. The van der Waals surface area contributed by atoms with Gasteiger partial charge in [0.25, 0.3) is 11.6 Å². The highest BCUT2D eigenvalue weighted by Crippen LogP contribution is 2.45. The monoisotopic (exact) mass is 612 g/mol. The highest BCUT2D eigenvalue weighted by molar-refractivity contribution is 6.09. The van der Waals surface area contributed by atoms with E-state index < -0.39 is 28.3 Å². The summed E-state index contributed by atoms with van der Waals surface area (Å²) >= 11 is 0. The molecule has 2 aromatic rings. The van der Waals surface area contributed by atoms with Crippen molar-refractivity contribution in [3.63, 3.8) is 0 Å². The molecule has 1 saturated carbocycles. The first-order valence-corrected chi connectivity index (χ1v) is 14.7. The van der Waals surface area contributed by atoms with Gasteiger partial charge in [0.05, 0.1) is 10.5 Å². The van der Waals surface area contributed by atoms with Gasteiger partial charge < -0.3 is 19.7 Å². The molecule has 1 aliphatic rings. The summed E-state index contributed by atoms with van der Waals surface area (Å²) in [6, 6.07) is 1.56. The first-order chi connectivity index (χ1) is 20.3. The highest BCUT2D eigenvalue weighted by Gasteiger charge is 2.37. The molecule has 0 spiro atoms. The number of nitrogens with zero attached hydrogens (tertiary/aromatic N) is 5. The van der Waals surface area contributed by atoms with Crippen LogP contribution in [-0.2, 0) is 9.47 Å². The third-order valence-corrected chi connectivity index (χ3v) is 7.03. The summed E-state index contributed by atoms with van der Waals surface area (Å²) in [6.45, 7) is 13.3. The first kappa shape index (κ1) is 34.2. The number of anilines is 3. The first-order valence-electron chi connectivity index (χ1n) is 14.7. The Kier molecular flexibility index (Phi) is 10.2. The molecular formula is C31H44N6O7. The Hall–Kier alpha value is -4.29. The molecule has 0 bridgehead atoms. The summed E-state index contributed by atoms with van der Waals surface area (Å²) in [5, 5.41) is 15.8. The number of nitro groups is 1. The van der Waals surface area contributed by atoms with Crippen LogP contribution in [0.15, 0.2) is 12.4 Å². The van der Waals surface area contributed by atoms with E-state index in [0.29, 0.717) is 21.6 Å². The fourth-order valence-corrected chi connectivity index (χ4v) is 5.20. The number of carbonyl (C=O) groups excluding carboxylic acids is 3. The largest absolute Gasteiger partial charge is 0.443 e. The van der Waals surface area contributed by atoms with Crippen molar-refractivity contribution in [3.05, 3.63) is 44.8 Å². The number of aryl methyl sites for hydroxylation is 1. The van der Waals surface area contributed by atoms with Crippen molar-refractivity contribution >= 4 is 41.1 Å². The predicted molar refractivity (Wildman–Crippen MR) is 167 cm³/mol. The van der Waals surface area contributed by atoms with Gasteiger partial charge in [-0.3, -0.25) is 14.9 Å². The van der Waals surface area contributed by atoms with Gasteiger partial charge in [-0.15, -0.1) is 0 Å². The van der Waals surface area contributed by atoms with E-state index in [1.54, 1.807) is 75.6 Å². The Bertz CT molecular complexity index is 1410. The van der Waals surface area contributed by atoms with E-state index in [1.165, 1.54) is 4.90 Å². The van der Waals surface area contributed by atoms with Crippen LogP contribution < -0.4 is 10.2 Å². The SMILES string of the molecule is Cc1cc(Nc2ncnc(N(C(=O)OC(C)(C)C)C(=O)OC(C)(C)C)c2C)c([N+](=O)[O-])c(C2CCCCC2)c1C(=O)N(C)C. The molecule has 1 aliphatic carbocycles.